The third-order valence-electron chi connectivity index (χ3n) is 6.04. The standard InChI is InChI=1S/C30H32N2O5/c1-4-35-28(33)16-17-31-30(34)23-10-12-24(13-11-23)32-21(3)29-20(2)26-18-25(14-15-27(26)37-29)36-19-22-8-6-5-7-9-22/h5-15,18,21,32H,4,16-17,19H2,1-3H3,(H,31,34). The first-order valence-electron chi connectivity index (χ1n) is 12.4. The molecule has 0 aliphatic carbocycles. The van der Waals surface area contributed by atoms with Crippen molar-refractivity contribution in [2.24, 2.45) is 0 Å². The van der Waals surface area contributed by atoms with Crippen LogP contribution in [0.25, 0.3) is 11.0 Å². The number of rotatable bonds is 11. The van der Waals surface area contributed by atoms with Crippen molar-refractivity contribution < 1.29 is 23.5 Å². The van der Waals surface area contributed by atoms with Crippen LogP contribution in [0.2, 0.25) is 0 Å². The Morgan fingerprint density at radius 1 is 1.00 bits per heavy atom. The van der Waals surface area contributed by atoms with Crippen molar-refractivity contribution in [2.75, 3.05) is 18.5 Å². The van der Waals surface area contributed by atoms with Crippen molar-refractivity contribution in [3.63, 3.8) is 0 Å². The summed E-state index contributed by atoms with van der Waals surface area (Å²) in [5.74, 6) is 1.08. The van der Waals surface area contributed by atoms with Crippen molar-refractivity contribution in [1.82, 2.24) is 5.32 Å². The fourth-order valence-corrected chi connectivity index (χ4v) is 4.11. The predicted molar refractivity (Wildman–Crippen MR) is 144 cm³/mol. The van der Waals surface area contributed by atoms with Crippen LogP contribution in [0.1, 0.15) is 53.6 Å². The smallest absolute Gasteiger partial charge is 0.307 e. The van der Waals surface area contributed by atoms with Crippen LogP contribution in [0.15, 0.2) is 77.2 Å². The lowest BCUT2D eigenvalue weighted by atomic mass is 10.1. The van der Waals surface area contributed by atoms with Gasteiger partial charge in [0, 0.05) is 28.7 Å². The Hall–Kier alpha value is -4.26. The van der Waals surface area contributed by atoms with E-state index in [2.05, 4.69) is 10.6 Å². The molecule has 0 saturated heterocycles. The lowest BCUT2D eigenvalue weighted by Gasteiger charge is -2.14. The number of anilines is 1. The van der Waals surface area contributed by atoms with E-state index < -0.39 is 0 Å². The van der Waals surface area contributed by atoms with Crippen LogP contribution in [0.5, 0.6) is 5.75 Å². The van der Waals surface area contributed by atoms with Crippen LogP contribution in [0.4, 0.5) is 5.69 Å². The molecule has 1 aromatic heterocycles. The molecule has 192 valence electrons. The first-order chi connectivity index (χ1) is 17.9. The van der Waals surface area contributed by atoms with E-state index in [-0.39, 0.29) is 30.9 Å². The second kappa shape index (κ2) is 12.1. The van der Waals surface area contributed by atoms with Gasteiger partial charge in [-0.2, -0.15) is 0 Å². The molecule has 2 N–H and O–H groups in total. The van der Waals surface area contributed by atoms with Crippen LogP contribution in [0, 0.1) is 6.92 Å². The van der Waals surface area contributed by atoms with Crippen molar-refractivity contribution in [1.29, 1.82) is 0 Å². The second-order valence-corrected chi connectivity index (χ2v) is 8.78. The minimum atomic E-state index is -0.326. The summed E-state index contributed by atoms with van der Waals surface area (Å²) in [5.41, 5.74) is 4.36. The minimum Gasteiger partial charge on any atom is -0.489 e. The van der Waals surface area contributed by atoms with Gasteiger partial charge in [-0.15, -0.1) is 0 Å². The molecule has 0 aliphatic rings. The Labute approximate surface area is 216 Å². The van der Waals surface area contributed by atoms with Crippen LogP contribution in [-0.4, -0.2) is 25.0 Å². The monoisotopic (exact) mass is 500 g/mol. The average molecular weight is 501 g/mol. The molecule has 0 aliphatic heterocycles. The zero-order valence-electron chi connectivity index (χ0n) is 21.4. The lowest BCUT2D eigenvalue weighted by Crippen LogP contribution is -2.26. The highest BCUT2D eigenvalue weighted by molar-refractivity contribution is 5.94. The molecule has 0 saturated carbocycles. The van der Waals surface area contributed by atoms with Gasteiger partial charge in [-0.05, 0) is 68.8 Å². The summed E-state index contributed by atoms with van der Waals surface area (Å²) in [5, 5.41) is 7.19. The summed E-state index contributed by atoms with van der Waals surface area (Å²) >= 11 is 0. The maximum absolute atomic E-state index is 12.3. The zero-order valence-corrected chi connectivity index (χ0v) is 21.4. The molecule has 37 heavy (non-hydrogen) atoms. The maximum atomic E-state index is 12.3. The lowest BCUT2D eigenvalue weighted by molar-refractivity contribution is -0.142. The number of carbonyl (C=O) groups is 2. The van der Waals surface area contributed by atoms with E-state index in [1.54, 1.807) is 19.1 Å². The molecule has 1 atom stereocenters. The summed E-state index contributed by atoms with van der Waals surface area (Å²) < 4.78 is 17.0. The molecule has 7 nitrogen and oxygen atoms in total. The third-order valence-corrected chi connectivity index (χ3v) is 6.04. The van der Waals surface area contributed by atoms with Crippen molar-refractivity contribution >= 4 is 28.5 Å². The Kier molecular flexibility index (Phi) is 8.46. The molecule has 0 radical (unpaired) electrons. The van der Waals surface area contributed by atoms with Gasteiger partial charge in [0.05, 0.1) is 19.1 Å². The molecule has 1 unspecified atom stereocenters. The Morgan fingerprint density at radius 3 is 2.49 bits per heavy atom. The number of ether oxygens (including phenoxy) is 2. The summed E-state index contributed by atoms with van der Waals surface area (Å²) in [6.07, 6.45) is 0.147. The number of fused-ring (bicyclic) bond motifs is 1. The molecule has 1 heterocycles. The second-order valence-electron chi connectivity index (χ2n) is 8.78. The number of esters is 1. The maximum Gasteiger partial charge on any atom is 0.307 e. The Morgan fingerprint density at radius 2 is 1.76 bits per heavy atom. The third kappa shape index (κ3) is 6.70. The van der Waals surface area contributed by atoms with E-state index in [9.17, 15) is 9.59 Å². The van der Waals surface area contributed by atoms with Gasteiger partial charge in [-0.3, -0.25) is 9.59 Å². The highest BCUT2D eigenvalue weighted by atomic mass is 16.5. The van der Waals surface area contributed by atoms with Gasteiger partial charge in [0.2, 0.25) is 0 Å². The van der Waals surface area contributed by atoms with Crippen LogP contribution in [0.3, 0.4) is 0 Å². The number of hydrogen-bond acceptors (Lipinski definition) is 6. The van der Waals surface area contributed by atoms with E-state index in [0.717, 1.165) is 39.3 Å². The van der Waals surface area contributed by atoms with Crippen LogP contribution in [-0.2, 0) is 16.1 Å². The number of benzene rings is 3. The normalized spacial score (nSPS) is 11.6. The van der Waals surface area contributed by atoms with E-state index >= 15 is 0 Å². The van der Waals surface area contributed by atoms with Crippen molar-refractivity contribution in [3.8, 4) is 5.75 Å². The van der Waals surface area contributed by atoms with E-state index in [4.69, 9.17) is 13.9 Å². The number of carbonyl (C=O) groups excluding carboxylic acids is 2. The summed E-state index contributed by atoms with van der Waals surface area (Å²) in [6, 6.07) is 23.1. The molecular weight excluding hydrogens is 468 g/mol. The number of amides is 1. The van der Waals surface area contributed by atoms with Gasteiger partial charge in [0.25, 0.3) is 5.91 Å². The molecule has 7 heteroatoms. The van der Waals surface area contributed by atoms with Gasteiger partial charge in [0.15, 0.2) is 0 Å². The average Bonchev–Trinajstić information content (AvgIpc) is 3.24. The molecule has 4 rings (SSSR count). The number of nitrogens with one attached hydrogen (secondary N) is 2. The SMILES string of the molecule is CCOC(=O)CCNC(=O)c1ccc(NC(C)c2oc3ccc(OCc4ccccc4)cc3c2C)cc1. The van der Waals surface area contributed by atoms with E-state index in [0.29, 0.717) is 18.8 Å². The number of hydrogen-bond donors (Lipinski definition) is 2. The van der Waals surface area contributed by atoms with Crippen molar-refractivity contribution in [2.45, 2.75) is 39.8 Å². The van der Waals surface area contributed by atoms with Gasteiger partial charge in [0.1, 0.15) is 23.7 Å². The summed E-state index contributed by atoms with van der Waals surface area (Å²) in [7, 11) is 0. The fraction of sp³-hybridized carbons (Fsp3) is 0.267. The van der Waals surface area contributed by atoms with Gasteiger partial charge >= 0.3 is 5.97 Å². The molecule has 1 amide bonds. The summed E-state index contributed by atoms with van der Waals surface area (Å²) in [6.45, 7) is 6.91. The molecule has 4 aromatic rings. The molecule has 0 bridgehead atoms. The quantitative estimate of drug-likeness (QED) is 0.239. The van der Waals surface area contributed by atoms with Gasteiger partial charge < -0.3 is 24.5 Å². The van der Waals surface area contributed by atoms with E-state index in [1.165, 1.54) is 0 Å². The largest absolute Gasteiger partial charge is 0.489 e. The first kappa shape index (κ1) is 25.8. The fourth-order valence-electron chi connectivity index (χ4n) is 4.11. The minimum absolute atomic E-state index is 0.0923. The highest BCUT2D eigenvalue weighted by Gasteiger charge is 2.18. The Balaban J connectivity index is 1.36. The molecule has 0 fully saturated rings. The van der Waals surface area contributed by atoms with Crippen LogP contribution >= 0.6 is 0 Å². The van der Waals surface area contributed by atoms with Gasteiger partial charge in [-0.1, -0.05) is 30.3 Å². The predicted octanol–water partition coefficient (Wildman–Crippen LogP) is 6.18. The first-order valence-corrected chi connectivity index (χ1v) is 12.4. The number of furan rings is 1. The number of aryl methyl sites for hydroxylation is 1. The zero-order chi connectivity index (χ0) is 26.2. The molecular formula is C30H32N2O5. The molecule has 0 spiro atoms. The summed E-state index contributed by atoms with van der Waals surface area (Å²) in [4.78, 5) is 23.7. The van der Waals surface area contributed by atoms with E-state index in [1.807, 2.05) is 74.5 Å². The molecule has 3 aromatic carbocycles. The van der Waals surface area contributed by atoms with Crippen molar-refractivity contribution in [3.05, 3.63) is 95.2 Å². The van der Waals surface area contributed by atoms with Gasteiger partial charge in [-0.25, -0.2) is 0 Å². The topological polar surface area (TPSA) is 89.8 Å². The van der Waals surface area contributed by atoms with Crippen LogP contribution < -0.4 is 15.4 Å². The highest BCUT2D eigenvalue weighted by Crippen LogP contribution is 2.33. The Bertz CT molecular complexity index is 1350.